The molecule has 0 aliphatic rings. The summed E-state index contributed by atoms with van der Waals surface area (Å²) in [7, 11) is -1.20. The van der Waals surface area contributed by atoms with Gasteiger partial charge in [0.25, 0.3) is 5.56 Å². The molecule has 1 N–H and O–H groups in total. The zero-order valence-electron chi connectivity index (χ0n) is 16.1. The maximum absolute atomic E-state index is 12.9. The lowest BCUT2D eigenvalue weighted by molar-refractivity contribution is 0.463. The second-order valence-corrected chi connectivity index (χ2v) is 8.27. The molecule has 2 heterocycles. The summed E-state index contributed by atoms with van der Waals surface area (Å²) >= 11 is 0. The number of hydrogen-bond donors (Lipinski definition) is 1. The van der Waals surface area contributed by atoms with Crippen molar-refractivity contribution in [1.82, 2.24) is 18.9 Å². The van der Waals surface area contributed by atoms with E-state index in [0.717, 1.165) is 23.2 Å². The standard InChI is InChI=1S/C20H18N4O5S/c1-12-16(10-13-4-9-17-18(11-13)23(3)20(26)22(17)2)19(25)24(21-12)14-5-7-15(8-6-14)30(27,28)29/h4-11,21H,1H2,2-3H3,(H,27,28,29)/p-1. The lowest BCUT2D eigenvalue weighted by Gasteiger charge is -2.07. The summed E-state index contributed by atoms with van der Waals surface area (Å²) in [6, 6.07) is 10.4. The highest BCUT2D eigenvalue weighted by Gasteiger charge is 2.09. The average molecular weight is 425 g/mol. The van der Waals surface area contributed by atoms with Gasteiger partial charge in [-0.05, 0) is 48.0 Å². The van der Waals surface area contributed by atoms with Gasteiger partial charge < -0.3 is 4.55 Å². The van der Waals surface area contributed by atoms with E-state index < -0.39 is 10.1 Å². The fourth-order valence-corrected chi connectivity index (χ4v) is 3.84. The lowest BCUT2D eigenvalue weighted by atomic mass is 10.1. The van der Waals surface area contributed by atoms with Crippen LogP contribution in [0.25, 0.3) is 29.4 Å². The quantitative estimate of drug-likeness (QED) is 0.444. The molecule has 0 bridgehead atoms. The molecule has 10 heteroatoms. The van der Waals surface area contributed by atoms with Gasteiger partial charge in [0.05, 0.1) is 32.2 Å². The molecule has 0 radical (unpaired) electrons. The molecule has 30 heavy (non-hydrogen) atoms. The molecule has 0 fully saturated rings. The molecule has 0 atom stereocenters. The monoisotopic (exact) mass is 425 g/mol. The van der Waals surface area contributed by atoms with Crippen LogP contribution >= 0.6 is 0 Å². The summed E-state index contributed by atoms with van der Waals surface area (Å²) in [4.78, 5) is 24.6. The number of aryl methyl sites for hydroxylation is 2. The Labute approximate surface area is 170 Å². The number of H-pyrrole nitrogens is 1. The van der Waals surface area contributed by atoms with Gasteiger partial charge in [0.1, 0.15) is 10.1 Å². The molecule has 4 rings (SSSR count). The number of hydrogen-bond acceptors (Lipinski definition) is 5. The number of aromatic nitrogens is 4. The van der Waals surface area contributed by atoms with Crippen molar-refractivity contribution in [3.63, 3.8) is 0 Å². The van der Waals surface area contributed by atoms with E-state index in [1.807, 2.05) is 0 Å². The first-order chi connectivity index (χ1) is 14.1. The molecule has 0 aliphatic carbocycles. The summed E-state index contributed by atoms with van der Waals surface area (Å²) in [5, 5.41) is 3.52. The SMILES string of the molecule is C=c1[nH]n(-c2ccc(S(=O)(=O)[O-])cc2)c(=O)c1=Cc1ccc2c(c1)n(C)c(=O)n2C. The maximum Gasteiger partial charge on any atom is 0.328 e. The van der Waals surface area contributed by atoms with E-state index in [1.54, 1.807) is 42.9 Å². The summed E-state index contributed by atoms with van der Waals surface area (Å²) < 4.78 is 37.5. The van der Waals surface area contributed by atoms with Crippen LogP contribution in [-0.2, 0) is 24.2 Å². The number of rotatable bonds is 3. The minimum atomic E-state index is -4.57. The van der Waals surface area contributed by atoms with Gasteiger partial charge in [-0.15, -0.1) is 0 Å². The molecule has 0 aliphatic heterocycles. The smallest absolute Gasteiger partial charge is 0.328 e. The maximum atomic E-state index is 12.9. The summed E-state index contributed by atoms with van der Waals surface area (Å²) in [6.45, 7) is 3.87. The zero-order chi connectivity index (χ0) is 21.8. The third-order valence-corrected chi connectivity index (χ3v) is 5.85. The summed E-state index contributed by atoms with van der Waals surface area (Å²) in [6.07, 6.45) is 1.66. The van der Waals surface area contributed by atoms with Crippen LogP contribution in [0.4, 0.5) is 0 Å². The van der Waals surface area contributed by atoms with Gasteiger partial charge >= 0.3 is 5.69 Å². The van der Waals surface area contributed by atoms with E-state index in [4.69, 9.17) is 0 Å². The lowest BCUT2D eigenvalue weighted by Crippen LogP contribution is -2.33. The number of nitrogens with zero attached hydrogens (tertiary/aromatic N) is 3. The molecule has 0 unspecified atom stereocenters. The van der Waals surface area contributed by atoms with E-state index in [0.29, 0.717) is 21.8 Å². The number of aromatic amines is 1. The van der Waals surface area contributed by atoms with E-state index in [-0.39, 0.29) is 16.1 Å². The van der Waals surface area contributed by atoms with Gasteiger partial charge in [-0.25, -0.2) is 17.9 Å². The first-order valence-electron chi connectivity index (χ1n) is 8.81. The molecule has 2 aromatic carbocycles. The number of fused-ring (bicyclic) bond motifs is 1. The van der Waals surface area contributed by atoms with Crippen molar-refractivity contribution in [3.8, 4) is 5.69 Å². The average Bonchev–Trinajstić information content (AvgIpc) is 3.10. The van der Waals surface area contributed by atoms with E-state index in [9.17, 15) is 22.6 Å². The van der Waals surface area contributed by atoms with Crippen LogP contribution in [-0.4, -0.2) is 31.9 Å². The van der Waals surface area contributed by atoms with Crippen LogP contribution in [0.2, 0.25) is 0 Å². The predicted molar refractivity (Wildman–Crippen MR) is 111 cm³/mol. The largest absolute Gasteiger partial charge is 0.744 e. The van der Waals surface area contributed by atoms with Gasteiger partial charge in [0.15, 0.2) is 0 Å². The Hall–Kier alpha value is -3.63. The Morgan fingerprint density at radius 2 is 1.63 bits per heavy atom. The highest BCUT2D eigenvalue weighted by atomic mass is 32.2. The van der Waals surface area contributed by atoms with Crippen LogP contribution in [0.15, 0.2) is 56.9 Å². The Kier molecular flexibility index (Phi) is 4.40. The van der Waals surface area contributed by atoms with Crippen molar-refractivity contribution in [2.45, 2.75) is 4.90 Å². The molecule has 4 aromatic rings. The van der Waals surface area contributed by atoms with Gasteiger partial charge in [-0.1, -0.05) is 12.6 Å². The van der Waals surface area contributed by atoms with Gasteiger partial charge in [0.2, 0.25) is 0 Å². The first kappa shape index (κ1) is 19.7. The van der Waals surface area contributed by atoms with Crippen LogP contribution in [0.1, 0.15) is 5.56 Å². The van der Waals surface area contributed by atoms with Gasteiger partial charge in [-0.3, -0.25) is 19.0 Å². The van der Waals surface area contributed by atoms with Crippen molar-refractivity contribution >= 4 is 33.8 Å². The van der Waals surface area contributed by atoms with Crippen molar-refractivity contribution in [2.75, 3.05) is 0 Å². The Bertz CT molecular complexity index is 1630. The van der Waals surface area contributed by atoms with Crippen molar-refractivity contribution in [2.24, 2.45) is 14.1 Å². The Morgan fingerprint density at radius 3 is 2.27 bits per heavy atom. The second-order valence-electron chi connectivity index (χ2n) is 6.89. The van der Waals surface area contributed by atoms with Crippen LogP contribution in [0.5, 0.6) is 0 Å². The molecule has 0 saturated carbocycles. The molecular weight excluding hydrogens is 408 g/mol. The molecular formula is C20H17N4O5S-. The van der Waals surface area contributed by atoms with Crippen molar-refractivity contribution < 1.29 is 13.0 Å². The van der Waals surface area contributed by atoms with E-state index in [2.05, 4.69) is 11.7 Å². The van der Waals surface area contributed by atoms with Crippen LogP contribution in [0.3, 0.4) is 0 Å². The summed E-state index contributed by atoms with van der Waals surface area (Å²) in [5.74, 6) is 0. The number of imidazole rings is 1. The molecule has 0 saturated heterocycles. The molecule has 0 amide bonds. The van der Waals surface area contributed by atoms with Crippen LogP contribution in [0, 0.1) is 0 Å². The van der Waals surface area contributed by atoms with Crippen LogP contribution < -0.4 is 21.8 Å². The van der Waals surface area contributed by atoms with Crippen molar-refractivity contribution in [3.05, 3.63) is 79.4 Å². The van der Waals surface area contributed by atoms with E-state index in [1.165, 1.54) is 21.4 Å². The topological polar surface area (TPSA) is 122 Å². The minimum absolute atomic E-state index is 0.146. The van der Waals surface area contributed by atoms with Gasteiger partial charge in [0, 0.05) is 14.1 Å². The Morgan fingerprint density at radius 1 is 1.00 bits per heavy atom. The summed E-state index contributed by atoms with van der Waals surface area (Å²) in [5.41, 5.74) is 2.04. The fraction of sp³-hybridized carbons (Fsp3) is 0.100. The molecule has 9 nitrogen and oxygen atoms in total. The highest BCUT2D eigenvalue weighted by molar-refractivity contribution is 7.85. The number of benzene rings is 2. The third-order valence-electron chi connectivity index (χ3n) is 5.00. The highest BCUT2D eigenvalue weighted by Crippen LogP contribution is 2.14. The van der Waals surface area contributed by atoms with E-state index >= 15 is 0 Å². The minimum Gasteiger partial charge on any atom is -0.744 e. The first-order valence-corrected chi connectivity index (χ1v) is 10.2. The van der Waals surface area contributed by atoms with Crippen molar-refractivity contribution in [1.29, 1.82) is 0 Å². The van der Waals surface area contributed by atoms with Gasteiger partial charge in [-0.2, -0.15) is 0 Å². The zero-order valence-corrected chi connectivity index (χ0v) is 16.9. The Balaban J connectivity index is 1.85. The predicted octanol–water partition coefficient (Wildman–Crippen LogP) is -0.501. The normalized spacial score (nSPS) is 12.7. The second kappa shape index (κ2) is 6.71. The number of nitrogens with one attached hydrogen (secondary N) is 1. The molecule has 2 aromatic heterocycles. The molecule has 154 valence electrons. The third kappa shape index (κ3) is 3.11. The molecule has 0 spiro atoms. The fourth-order valence-electron chi connectivity index (χ4n) is 3.37.